The largest absolute Gasteiger partial charge is 0.585 e. The molecule has 9 heavy (non-hydrogen) atoms. The molecule has 0 radical (unpaired) electrons. The van der Waals surface area contributed by atoms with Crippen LogP contribution in [0.1, 0.15) is 0 Å². The van der Waals surface area contributed by atoms with Crippen LogP contribution < -0.4 is 25.5 Å². The van der Waals surface area contributed by atoms with E-state index in [2.05, 4.69) is 15.6 Å². The first-order chi connectivity index (χ1) is 4.04. The van der Waals surface area contributed by atoms with Gasteiger partial charge in [0.15, 0.2) is 0 Å². The molecule has 8 heteroatoms. The number of rotatable bonds is 3. The third kappa shape index (κ3) is 2.43. The van der Waals surface area contributed by atoms with Gasteiger partial charge >= 0.3 is 0 Å². The smallest absolute Gasteiger partial charge is 0.105 e. The lowest BCUT2D eigenvalue weighted by Crippen LogP contribution is -3.10. The monoisotopic (exact) mass is 157 g/mol. The minimum absolute atomic E-state index is 0.829. The Morgan fingerprint density at radius 3 is 2.22 bits per heavy atom. The fourth-order valence-electron chi connectivity index (χ4n) is 0.163. The number of hydrogen-bond acceptors (Lipinski definition) is 6. The van der Waals surface area contributed by atoms with E-state index in [4.69, 9.17) is 10.3 Å². The fraction of sp³-hybridized carbons (Fsp3) is 1.00. The van der Waals surface area contributed by atoms with Crippen molar-refractivity contribution >= 4 is 10.8 Å². The first-order valence-electron chi connectivity index (χ1n) is 2.02. The number of nitrogens with one attached hydrogen (secondary N) is 2. The third-order valence-corrected chi connectivity index (χ3v) is 2.03. The zero-order valence-corrected chi connectivity index (χ0v) is 5.77. The van der Waals surface area contributed by atoms with Gasteiger partial charge in [0.05, 0.1) is 0 Å². The van der Waals surface area contributed by atoms with Crippen LogP contribution in [0.25, 0.3) is 0 Å². The van der Waals surface area contributed by atoms with Crippen LogP contribution in [0, 0.1) is 5.21 Å². The van der Waals surface area contributed by atoms with Crippen LogP contribution in [0.2, 0.25) is 0 Å². The molecule has 0 aromatic heterocycles. The van der Waals surface area contributed by atoms with E-state index < -0.39 is 15.4 Å². The van der Waals surface area contributed by atoms with E-state index >= 15 is 0 Å². The molecule has 1 unspecified atom stereocenters. The van der Waals surface area contributed by atoms with Crippen LogP contribution in [0.3, 0.4) is 0 Å². The summed E-state index contributed by atoms with van der Waals surface area (Å²) in [6.45, 7) is 0. The first kappa shape index (κ1) is 9.07. The van der Waals surface area contributed by atoms with Gasteiger partial charge in [-0.2, -0.15) is 5.90 Å². The summed E-state index contributed by atoms with van der Waals surface area (Å²) in [4.78, 5) is 3.79. The molecule has 0 rings (SSSR count). The third-order valence-electron chi connectivity index (χ3n) is 0.710. The van der Waals surface area contributed by atoms with Crippen molar-refractivity contribution in [1.82, 2.24) is 4.72 Å². The molecule has 0 heterocycles. The summed E-state index contributed by atoms with van der Waals surface area (Å²) in [5.74, 6) is 4.51. The second kappa shape index (κ2) is 3.29. The van der Waals surface area contributed by atoms with Crippen molar-refractivity contribution in [3.05, 3.63) is 5.21 Å². The van der Waals surface area contributed by atoms with E-state index in [1.54, 1.807) is 0 Å². The van der Waals surface area contributed by atoms with Gasteiger partial charge in [-0.1, -0.05) is 4.94 Å². The second-order valence-electron chi connectivity index (χ2n) is 1.28. The van der Waals surface area contributed by atoms with Gasteiger partial charge in [0, 0.05) is 0 Å². The van der Waals surface area contributed by atoms with Crippen LogP contribution in [0.15, 0.2) is 0 Å². The van der Waals surface area contributed by atoms with Crippen LogP contribution in [-0.2, 0) is 4.94 Å². The fourth-order valence-corrected chi connectivity index (χ4v) is 0.489. The minimum Gasteiger partial charge on any atom is -0.585 e. The van der Waals surface area contributed by atoms with Gasteiger partial charge in [0.2, 0.25) is 0 Å². The first-order valence-corrected chi connectivity index (χ1v) is 3.78. The Kier molecular flexibility index (Phi) is 3.32. The summed E-state index contributed by atoms with van der Waals surface area (Å²) in [6.07, 6.45) is 0. The zero-order valence-electron chi connectivity index (χ0n) is 4.96. The summed E-state index contributed by atoms with van der Waals surface area (Å²) in [7, 11) is -1.03. The van der Waals surface area contributed by atoms with E-state index in [0.717, 1.165) is 0 Å². The summed E-state index contributed by atoms with van der Waals surface area (Å²) in [6, 6.07) is 0. The lowest BCUT2D eigenvalue weighted by atomic mass is 11.6. The molecule has 7 nitrogen and oxygen atoms in total. The Labute approximate surface area is 54.4 Å². The van der Waals surface area contributed by atoms with Gasteiger partial charge in [-0.3, -0.25) is 0 Å². The Morgan fingerprint density at radius 1 is 1.67 bits per heavy atom. The molecular weight excluding hydrogens is 146 g/mol. The highest BCUT2D eigenvalue weighted by Gasteiger charge is 2.18. The summed E-state index contributed by atoms with van der Waals surface area (Å²) < 4.78 is 1.55. The molecule has 1 atom stereocenters. The predicted octanol–water partition coefficient (Wildman–Crippen LogP) is -3.22. The van der Waals surface area contributed by atoms with Gasteiger partial charge in [0.1, 0.15) is 10.8 Å². The van der Waals surface area contributed by atoms with E-state index in [1.807, 2.05) is 0 Å². The quantitative estimate of drug-likeness (QED) is 0.274. The molecule has 0 aromatic carbocycles. The molecule has 0 fully saturated rings. The Balaban J connectivity index is 3.80. The highest BCUT2D eigenvalue weighted by Crippen LogP contribution is 2.07. The predicted molar refractivity (Wildman–Crippen MR) is 34.6 cm³/mol. The standard InChI is InChI=1S/CH11N5O2S/c1-5-9(3,4)6(7)8-2/h5-6H,2-4H2,1H3. The van der Waals surface area contributed by atoms with Gasteiger partial charge in [0.25, 0.3) is 0 Å². The highest BCUT2D eigenvalue weighted by molar-refractivity contribution is 8.22. The molecular formula is CH11N5O2S. The molecule has 0 spiro atoms. The summed E-state index contributed by atoms with van der Waals surface area (Å²) in [5.41, 5.74) is 0. The Morgan fingerprint density at radius 2 is 2.11 bits per heavy atom. The maximum Gasteiger partial charge on any atom is 0.105 e. The van der Waals surface area contributed by atoms with Crippen molar-refractivity contribution in [3.63, 3.8) is 0 Å². The Hall–Kier alpha value is 0.0700. The number of quaternary nitrogens is 1. The van der Waals surface area contributed by atoms with E-state index in [1.165, 1.54) is 7.05 Å². The van der Waals surface area contributed by atoms with E-state index in [9.17, 15) is 5.21 Å². The maximum atomic E-state index is 10.4. The Bertz CT molecular complexity index is 87.0. The van der Waals surface area contributed by atoms with Crippen LogP contribution in [0.4, 0.5) is 0 Å². The van der Waals surface area contributed by atoms with Crippen molar-refractivity contribution < 1.29 is 9.57 Å². The molecule has 0 aliphatic heterocycles. The van der Waals surface area contributed by atoms with Crippen molar-refractivity contribution in [1.29, 1.82) is 0 Å². The molecule has 58 valence electrons. The van der Waals surface area contributed by atoms with Gasteiger partial charge in [-0.15, -0.1) is 4.63 Å². The van der Waals surface area contributed by atoms with E-state index in [0.29, 0.717) is 0 Å². The van der Waals surface area contributed by atoms with Gasteiger partial charge in [-0.25, -0.2) is 15.0 Å². The number of nitrogens with two attached hydrogens (primary N) is 3. The molecule has 0 saturated carbocycles. The normalized spacial score (nSPS) is 17.4. The molecule has 8 N–H and O–H groups in total. The van der Waals surface area contributed by atoms with Crippen molar-refractivity contribution in [2.45, 2.75) is 0 Å². The SMILES string of the molecule is CNS(N)(N)[NH+]([O-])ON. The molecule has 0 amide bonds. The van der Waals surface area contributed by atoms with Gasteiger partial charge < -0.3 is 5.21 Å². The lowest BCUT2D eigenvalue weighted by molar-refractivity contribution is -0.945. The number of hydrogen-bond donors (Lipinski definition) is 5. The van der Waals surface area contributed by atoms with Crippen LogP contribution in [0.5, 0.6) is 0 Å². The average molecular weight is 157 g/mol. The van der Waals surface area contributed by atoms with Crippen molar-refractivity contribution in [2.75, 3.05) is 7.05 Å². The van der Waals surface area contributed by atoms with Crippen molar-refractivity contribution in [2.24, 2.45) is 16.2 Å². The van der Waals surface area contributed by atoms with Crippen molar-refractivity contribution in [3.8, 4) is 0 Å². The molecule has 0 aromatic rings. The van der Waals surface area contributed by atoms with E-state index in [-0.39, 0.29) is 0 Å². The average Bonchev–Trinajstić information content (AvgIpc) is 1.86. The summed E-state index contributed by atoms with van der Waals surface area (Å²) >= 11 is 0. The topological polar surface area (TPSA) is 127 Å². The highest BCUT2D eigenvalue weighted by atomic mass is 32.3. The van der Waals surface area contributed by atoms with Gasteiger partial charge in [-0.05, 0) is 7.05 Å². The maximum absolute atomic E-state index is 10.4. The second-order valence-corrected chi connectivity index (χ2v) is 3.44. The zero-order chi connectivity index (χ0) is 7.49. The van der Waals surface area contributed by atoms with Crippen LogP contribution >= 0.6 is 10.8 Å². The lowest BCUT2D eigenvalue weighted by Gasteiger charge is -2.34. The molecule has 0 aliphatic carbocycles. The molecule has 0 bridgehead atoms. The molecule has 0 aliphatic rings. The van der Waals surface area contributed by atoms with Crippen LogP contribution in [-0.4, -0.2) is 7.05 Å². The summed E-state index contributed by atoms with van der Waals surface area (Å²) in [5, 5.41) is 20.8. The molecule has 0 saturated heterocycles. The minimum atomic E-state index is -2.48.